The van der Waals surface area contributed by atoms with Gasteiger partial charge in [-0.2, -0.15) is 0 Å². The van der Waals surface area contributed by atoms with E-state index in [2.05, 4.69) is 359 Å². The molecule has 0 N–H and O–H groups in total. The molecular formula is C76H76Br2I3N4-. The number of anilines is 12. The summed E-state index contributed by atoms with van der Waals surface area (Å²) >= 11 is 12.6. The van der Waals surface area contributed by atoms with Crippen LogP contribution in [0.4, 0.5) is 68.2 Å². The van der Waals surface area contributed by atoms with Crippen molar-refractivity contribution in [2.75, 3.05) is 19.6 Å². The van der Waals surface area contributed by atoms with E-state index < -0.39 is 0 Å². The van der Waals surface area contributed by atoms with Gasteiger partial charge in [0.2, 0.25) is 0 Å². The molecule has 85 heavy (non-hydrogen) atoms. The number of benzene rings is 10. The molecular weight excluding hydrogens is 1510 g/mol. The number of hydrogen-bond acceptors (Lipinski definition) is 4. The Hall–Kier alpha value is -5.45. The van der Waals surface area contributed by atoms with Crippen molar-refractivity contribution in [3.63, 3.8) is 0 Å². The molecule has 0 saturated carbocycles. The van der Waals surface area contributed by atoms with Crippen LogP contribution in [0.3, 0.4) is 0 Å². The van der Waals surface area contributed by atoms with E-state index in [-0.39, 0.29) is 0 Å². The second-order valence-electron chi connectivity index (χ2n) is 21.6. The van der Waals surface area contributed by atoms with Gasteiger partial charge in [-0.05, 0) is 255 Å². The summed E-state index contributed by atoms with van der Waals surface area (Å²) in [4.78, 5) is 9.46. The van der Waals surface area contributed by atoms with Gasteiger partial charge in [0.1, 0.15) is 0 Å². The Kier molecular flexibility index (Phi) is 24.9. The van der Waals surface area contributed by atoms with Gasteiger partial charge >= 0.3 is 50.5 Å². The van der Waals surface area contributed by atoms with Gasteiger partial charge in [-0.1, -0.05) is 158 Å². The average molecular weight is 1590 g/mol. The molecule has 0 aromatic heterocycles. The number of hydrogen-bond donors (Lipinski definition) is 0. The third kappa shape index (κ3) is 17.4. The molecule has 0 radical (unpaired) electrons. The zero-order valence-electron chi connectivity index (χ0n) is 49.3. The summed E-state index contributed by atoms with van der Waals surface area (Å²) in [7, 11) is 0. The van der Waals surface area contributed by atoms with Gasteiger partial charge in [0.25, 0.3) is 0 Å². The summed E-state index contributed by atoms with van der Waals surface area (Å²) in [5.74, 6) is 0. The van der Waals surface area contributed by atoms with Gasteiger partial charge in [-0.25, -0.2) is 0 Å². The van der Waals surface area contributed by atoms with Crippen molar-refractivity contribution in [1.82, 2.24) is 0 Å². The van der Waals surface area contributed by atoms with E-state index in [0.29, 0.717) is 13.3 Å². The molecule has 9 heteroatoms. The second-order valence-corrected chi connectivity index (χ2v) is 39.6. The number of unbranched alkanes of at least 4 members (excludes halogenated alkanes) is 4. The van der Waals surface area contributed by atoms with Crippen LogP contribution in [-0.2, 0) is 25.7 Å². The molecule has 0 aliphatic heterocycles. The van der Waals surface area contributed by atoms with E-state index in [4.69, 9.17) is 0 Å². The summed E-state index contributed by atoms with van der Waals surface area (Å²) in [6, 6.07) is 89.9. The predicted octanol–water partition coefficient (Wildman–Crippen LogP) is 22.9. The number of rotatable bonds is 25. The minimum atomic E-state index is 0.530. The zero-order chi connectivity index (χ0) is 59.3. The SMILES string of the molecule is CCCCc1ccc(N(c2ccc(Br)cc2)c2ccc(N(c3ccc(CCCC)cc3)c3ccc(-c4ccc(N(c5ccc(CCCC)cc5)c5ccc(N(c6ccc(Br)cc6)c6ccc(CCCC)cc6)cc5)cc4)cc3)cc2)cc1.I[I-]I. The van der Waals surface area contributed by atoms with Crippen molar-refractivity contribution in [2.45, 2.75) is 105 Å². The molecule has 0 heterocycles. The second kappa shape index (κ2) is 33.1. The first kappa shape index (κ1) is 64.0. The Balaban J connectivity index is 0.00000282. The standard InChI is InChI=1S/C76H76Br2N4.I3/c1-5-9-13-57-17-33-65(34-18-57)79(73-49-53-75(54-50-73)81(71-45-29-63(77)30-46-71)67-37-21-59(22-38-67)15-11-7-3)69-41-25-61(26-42-69)62-27-43-70(44-28-62)80(66-35-19-58(20-36-66)14-10-6-2)74-51-55-76(56-52-74)82(72-47-31-64(78)32-48-72)68-39-23-60(24-40-68)16-12-8-4;1-3-2/h17-56H,5-16H2,1-4H3;/q;-1. The molecule has 0 atom stereocenters. The van der Waals surface area contributed by atoms with Gasteiger partial charge in [0.15, 0.2) is 0 Å². The topological polar surface area (TPSA) is 13.0 Å². The Morgan fingerprint density at radius 3 is 0.553 bits per heavy atom. The van der Waals surface area contributed by atoms with Crippen LogP contribution in [0.15, 0.2) is 252 Å². The summed E-state index contributed by atoms with van der Waals surface area (Å²) in [5, 5.41) is 0. The van der Waals surface area contributed by atoms with Crippen LogP contribution in [0.25, 0.3) is 11.1 Å². The average Bonchev–Trinajstić information content (AvgIpc) is 3.59. The fourth-order valence-electron chi connectivity index (χ4n) is 10.8. The third-order valence-electron chi connectivity index (χ3n) is 15.5. The van der Waals surface area contributed by atoms with Crippen LogP contribution >= 0.6 is 69.1 Å². The Bertz CT molecular complexity index is 3320. The van der Waals surface area contributed by atoms with Crippen LogP contribution in [0, 0.1) is 0 Å². The minimum absolute atomic E-state index is 0.530. The number of halogens is 5. The van der Waals surface area contributed by atoms with E-state index in [9.17, 15) is 0 Å². The van der Waals surface area contributed by atoms with Crippen LogP contribution in [0.2, 0.25) is 0 Å². The first-order valence-corrected chi connectivity index (χ1v) is 44.2. The molecule has 0 fully saturated rings. The van der Waals surface area contributed by atoms with Crippen molar-refractivity contribution < 1.29 is 13.3 Å². The van der Waals surface area contributed by atoms with E-state index in [1.54, 1.807) is 0 Å². The molecule has 0 aliphatic rings. The molecule has 4 nitrogen and oxygen atoms in total. The summed E-state index contributed by atoms with van der Waals surface area (Å²) in [5.41, 5.74) is 21.1. The normalized spacial score (nSPS) is 11.0. The van der Waals surface area contributed by atoms with Crippen molar-refractivity contribution in [1.29, 1.82) is 0 Å². The van der Waals surface area contributed by atoms with Crippen molar-refractivity contribution in [2.24, 2.45) is 0 Å². The first-order chi connectivity index (χ1) is 41.7. The van der Waals surface area contributed by atoms with Gasteiger partial charge < -0.3 is 19.6 Å². The van der Waals surface area contributed by atoms with E-state index >= 15 is 0 Å². The molecule has 10 aromatic rings. The maximum atomic E-state index is 3.67. The summed E-state index contributed by atoms with van der Waals surface area (Å²) in [6.45, 7) is 9.03. The first-order valence-electron chi connectivity index (χ1n) is 30.1. The van der Waals surface area contributed by atoms with Crippen LogP contribution < -0.4 is 32.9 Å². The number of aryl methyl sites for hydroxylation is 4. The Morgan fingerprint density at radius 1 is 0.247 bits per heavy atom. The molecule has 10 aromatic carbocycles. The quantitative estimate of drug-likeness (QED) is 0.0529. The van der Waals surface area contributed by atoms with Crippen molar-refractivity contribution in [3.8, 4) is 11.1 Å². The van der Waals surface area contributed by atoms with E-state index in [1.807, 2.05) is 0 Å². The summed E-state index contributed by atoms with van der Waals surface area (Å²) in [6.07, 6.45) is 13.9. The fourth-order valence-corrected chi connectivity index (χ4v) is 11.4. The van der Waals surface area contributed by atoms with Gasteiger partial charge in [-0.15, -0.1) is 0 Å². The molecule has 0 saturated heterocycles. The van der Waals surface area contributed by atoms with Crippen molar-refractivity contribution in [3.05, 3.63) is 274 Å². The molecule has 0 spiro atoms. The maximum absolute atomic E-state index is 3.67. The van der Waals surface area contributed by atoms with E-state index in [1.165, 1.54) is 73.6 Å². The molecule has 0 bridgehead atoms. The van der Waals surface area contributed by atoms with Crippen molar-refractivity contribution >= 4 is 137 Å². The third-order valence-corrected chi connectivity index (χ3v) is 16.6. The Morgan fingerprint density at radius 2 is 0.388 bits per heavy atom. The van der Waals surface area contributed by atoms with Gasteiger partial charge in [-0.3, -0.25) is 0 Å². The van der Waals surface area contributed by atoms with Crippen LogP contribution in [0.5, 0.6) is 0 Å². The molecule has 0 aliphatic carbocycles. The predicted molar refractivity (Wildman–Crippen MR) is 388 cm³/mol. The molecule has 436 valence electrons. The van der Waals surface area contributed by atoms with Gasteiger partial charge in [0, 0.05) is 77.2 Å². The fraction of sp³-hybridized carbons (Fsp3) is 0.211. The molecule has 0 unspecified atom stereocenters. The Labute approximate surface area is 554 Å². The molecule has 10 rings (SSSR count). The van der Waals surface area contributed by atoms with Crippen LogP contribution in [0.1, 0.15) is 101 Å². The number of nitrogens with zero attached hydrogens (tertiary/aromatic N) is 4. The summed E-state index contributed by atoms with van der Waals surface area (Å²) < 4.78 is 2.12. The molecule has 0 amide bonds. The van der Waals surface area contributed by atoms with E-state index in [0.717, 1.165) is 114 Å². The van der Waals surface area contributed by atoms with Crippen LogP contribution in [-0.4, -0.2) is 0 Å². The zero-order valence-corrected chi connectivity index (χ0v) is 58.9. The van der Waals surface area contributed by atoms with Gasteiger partial charge in [0.05, 0.1) is 0 Å². The monoisotopic (exact) mass is 1580 g/mol.